The molecule has 18 heavy (non-hydrogen) atoms. The number of ether oxygens (including phenoxy) is 1. The number of aromatic carboxylic acids is 1. The fourth-order valence-corrected chi connectivity index (χ4v) is 1.45. The number of methoxy groups -OCH3 is 1. The Morgan fingerprint density at radius 3 is 2.67 bits per heavy atom. The Kier molecular flexibility index (Phi) is 4.54. The molecule has 0 spiro atoms. The minimum absolute atomic E-state index is 0. The molecule has 2 heterocycles. The van der Waals surface area contributed by atoms with Crippen molar-refractivity contribution in [1.29, 1.82) is 0 Å². The van der Waals surface area contributed by atoms with Crippen LogP contribution in [0, 0.1) is 6.92 Å². The third-order valence-corrected chi connectivity index (χ3v) is 2.24. The van der Waals surface area contributed by atoms with E-state index in [2.05, 4.69) is 9.97 Å². The van der Waals surface area contributed by atoms with Crippen molar-refractivity contribution in [1.82, 2.24) is 14.5 Å². The van der Waals surface area contributed by atoms with E-state index in [9.17, 15) is 4.79 Å². The quantitative estimate of drug-likeness (QED) is 0.797. The molecule has 0 radical (unpaired) electrons. The molecule has 2 aromatic rings. The van der Waals surface area contributed by atoms with Crippen LogP contribution < -0.4 is 4.74 Å². The van der Waals surface area contributed by atoms with Crippen LogP contribution in [-0.4, -0.2) is 51.6 Å². The number of imidazole rings is 1. The van der Waals surface area contributed by atoms with E-state index in [1.54, 1.807) is 23.2 Å². The van der Waals surface area contributed by atoms with Crippen LogP contribution in [0.3, 0.4) is 0 Å². The van der Waals surface area contributed by atoms with Crippen LogP contribution in [-0.2, 0) is 0 Å². The van der Waals surface area contributed by atoms with Crippen molar-refractivity contribution in [2.24, 2.45) is 0 Å². The minimum atomic E-state index is -1.09. The van der Waals surface area contributed by atoms with Crippen LogP contribution in [0.5, 0.6) is 5.88 Å². The predicted octanol–water partition coefficient (Wildman–Crippen LogP) is 0.634. The summed E-state index contributed by atoms with van der Waals surface area (Å²) >= 11 is 0. The van der Waals surface area contributed by atoms with Crippen LogP contribution in [0.4, 0.5) is 0 Å². The zero-order valence-electron chi connectivity index (χ0n) is 9.41. The van der Waals surface area contributed by atoms with Crippen LogP contribution >= 0.6 is 0 Å². The zero-order chi connectivity index (χ0) is 12.4. The first kappa shape index (κ1) is 14.3. The molecule has 0 atom stereocenters. The summed E-state index contributed by atoms with van der Waals surface area (Å²) in [7, 11) is 1.45. The van der Waals surface area contributed by atoms with Crippen molar-refractivity contribution >= 4 is 24.8 Å². The van der Waals surface area contributed by atoms with Gasteiger partial charge >= 0.3 is 24.8 Å². The van der Waals surface area contributed by atoms with E-state index in [0.29, 0.717) is 5.69 Å². The van der Waals surface area contributed by atoms with Gasteiger partial charge in [-0.15, -0.1) is 0 Å². The Morgan fingerprint density at radius 1 is 1.44 bits per heavy atom. The fraction of sp³-hybridized carbons (Fsp3) is 0.182. The Morgan fingerprint density at radius 2 is 2.17 bits per heavy atom. The van der Waals surface area contributed by atoms with Gasteiger partial charge in [-0.3, -0.25) is 0 Å². The van der Waals surface area contributed by atoms with Gasteiger partial charge in [-0.2, -0.15) is 0 Å². The van der Waals surface area contributed by atoms with Crippen molar-refractivity contribution in [3.63, 3.8) is 0 Å². The van der Waals surface area contributed by atoms with Crippen LogP contribution in [0.25, 0.3) is 5.69 Å². The summed E-state index contributed by atoms with van der Waals surface area (Å²) in [6.45, 7) is 1.86. The summed E-state index contributed by atoms with van der Waals surface area (Å²) in [5.41, 5.74) is 1.45. The van der Waals surface area contributed by atoms with E-state index in [-0.39, 0.29) is 30.4 Å². The first-order valence-electron chi connectivity index (χ1n) is 4.91. The van der Waals surface area contributed by atoms with Gasteiger partial charge in [0.15, 0.2) is 5.69 Å². The van der Waals surface area contributed by atoms with Gasteiger partial charge < -0.3 is 14.4 Å². The molecule has 0 fully saturated rings. The van der Waals surface area contributed by atoms with E-state index in [1.165, 1.54) is 13.2 Å². The molecule has 0 unspecified atom stereocenters. The average Bonchev–Trinajstić information content (AvgIpc) is 2.74. The molecule has 90 valence electrons. The first-order chi connectivity index (χ1) is 8.11. The molecule has 0 amide bonds. The van der Waals surface area contributed by atoms with E-state index in [4.69, 9.17) is 9.84 Å². The molecule has 6 nitrogen and oxygen atoms in total. The summed E-state index contributed by atoms with van der Waals surface area (Å²) in [6, 6.07) is 3.06. The number of nitrogens with zero attached hydrogens (tertiary/aromatic N) is 3. The second-order valence-electron chi connectivity index (χ2n) is 3.45. The van der Waals surface area contributed by atoms with E-state index in [0.717, 1.165) is 5.69 Å². The second kappa shape index (κ2) is 5.71. The Labute approximate surface area is 116 Å². The molecule has 1 N–H and O–H groups in total. The van der Waals surface area contributed by atoms with Gasteiger partial charge in [-0.25, -0.2) is 14.8 Å². The Balaban J connectivity index is 0.00000162. The van der Waals surface area contributed by atoms with Gasteiger partial charge in [-0.1, -0.05) is 0 Å². The molecule has 0 aliphatic heterocycles. The third-order valence-electron chi connectivity index (χ3n) is 2.24. The molecule has 7 heteroatoms. The molecule has 0 aliphatic rings. The normalized spacial score (nSPS) is 9.67. The number of aryl methyl sites for hydroxylation is 1. The van der Waals surface area contributed by atoms with Gasteiger partial charge in [-0.05, 0) is 19.1 Å². The molecule has 0 bridgehead atoms. The van der Waals surface area contributed by atoms with Crippen LogP contribution in [0.1, 0.15) is 16.2 Å². The maximum absolute atomic E-state index is 10.8. The number of carboxylic acid groups (broad SMARTS) is 1. The van der Waals surface area contributed by atoms with E-state index < -0.39 is 5.97 Å². The van der Waals surface area contributed by atoms with Gasteiger partial charge in [0, 0.05) is 6.20 Å². The molecule has 0 saturated heterocycles. The second-order valence-corrected chi connectivity index (χ2v) is 3.45. The number of pyridine rings is 1. The Bertz CT molecular complexity index is 568. The van der Waals surface area contributed by atoms with Crippen molar-refractivity contribution in [2.75, 3.05) is 7.11 Å². The van der Waals surface area contributed by atoms with Gasteiger partial charge in [0.2, 0.25) is 5.88 Å². The van der Waals surface area contributed by atoms with Crippen molar-refractivity contribution in [3.05, 3.63) is 36.0 Å². The fourth-order valence-electron chi connectivity index (χ4n) is 1.45. The first-order valence-corrected chi connectivity index (χ1v) is 4.91. The summed E-state index contributed by atoms with van der Waals surface area (Å²) in [5, 5.41) is 8.83. The summed E-state index contributed by atoms with van der Waals surface area (Å²) in [6.07, 6.45) is 3.43. The Hall–Kier alpha value is -1.77. The summed E-state index contributed by atoms with van der Waals surface area (Å²) < 4.78 is 6.81. The molecule has 0 aliphatic carbocycles. The van der Waals surface area contributed by atoms with E-state index >= 15 is 0 Å². The van der Waals surface area contributed by atoms with Crippen molar-refractivity contribution in [3.8, 4) is 11.6 Å². The number of carbonyl (C=O) groups is 1. The molecular weight excluding hydrogens is 229 g/mol. The van der Waals surface area contributed by atoms with Gasteiger partial charge in [0.1, 0.15) is 5.69 Å². The monoisotopic (exact) mass is 241 g/mol. The topological polar surface area (TPSA) is 77.2 Å². The number of aromatic nitrogens is 3. The van der Waals surface area contributed by atoms with Crippen molar-refractivity contribution in [2.45, 2.75) is 6.92 Å². The number of carboxylic acids is 1. The zero-order valence-corrected chi connectivity index (χ0v) is 9.41. The molecular formula is C11H12LiN3O3. The molecule has 2 rings (SSSR count). The van der Waals surface area contributed by atoms with Crippen LogP contribution in [0.15, 0.2) is 24.7 Å². The average molecular weight is 241 g/mol. The standard InChI is InChI=1S/C11H11N3O3.Li.H/c1-7-5-14(6-12-7)9-4-3-8(11(15)16)13-10(9)17-2;;/h3-6H,1-2H3,(H,15,16);;. The third kappa shape index (κ3) is 2.72. The maximum atomic E-state index is 10.8. The van der Waals surface area contributed by atoms with Crippen LogP contribution in [0.2, 0.25) is 0 Å². The number of rotatable bonds is 3. The van der Waals surface area contributed by atoms with Gasteiger partial charge in [0.05, 0.1) is 19.1 Å². The van der Waals surface area contributed by atoms with E-state index in [1.807, 2.05) is 6.92 Å². The van der Waals surface area contributed by atoms with Gasteiger partial charge in [0.25, 0.3) is 0 Å². The molecule has 0 saturated carbocycles. The molecule has 0 aromatic carbocycles. The molecule has 2 aromatic heterocycles. The SMILES string of the molecule is COc1nc(C(=O)O)ccc1-n1cnc(C)c1.[LiH]. The predicted molar refractivity (Wildman–Crippen MR) is 66.8 cm³/mol. The number of hydrogen-bond donors (Lipinski definition) is 1. The van der Waals surface area contributed by atoms with Crippen molar-refractivity contribution < 1.29 is 14.6 Å². The number of hydrogen-bond acceptors (Lipinski definition) is 4. The summed E-state index contributed by atoms with van der Waals surface area (Å²) in [5.74, 6) is -0.834. The summed E-state index contributed by atoms with van der Waals surface area (Å²) in [4.78, 5) is 18.8.